The topological polar surface area (TPSA) is 85.7 Å². The molecule has 62 valence electrons. The van der Waals surface area contributed by atoms with Gasteiger partial charge in [0, 0.05) is 0 Å². The molecule has 0 atom stereocenters. The minimum atomic E-state index is -4.83. The molecule has 6 heteroatoms. The molecule has 0 radical (unpaired) electrons. The Morgan fingerprint density at radius 3 is 2.58 bits per heavy atom. The summed E-state index contributed by atoms with van der Waals surface area (Å²) >= 11 is -4.83. The molecule has 0 aliphatic rings. The Morgan fingerprint density at radius 2 is 2.08 bits per heavy atom. The Labute approximate surface area is 71.3 Å². The van der Waals surface area contributed by atoms with E-state index in [2.05, 4.69) is 4.98 Å². The summed E-state index contributed by atoms with van der Waals surface area (Å²) < 4.78 is 28.2. The summed E-state index contributed by atoms with van der Waals surface area (Å²) in [5.41, 5.74) is 0.136. The van der Waals surface area contributed by atoms with Gasteiger partial charge in [-0.1, -0.05) is 0 Å². The SMILES string of the molecule is N#[N+]c1cccc([As](=O)(O)O)c1. The van der Waals surface area contributed by atoms with Crippen LogP contribution in [0.1, 0.15) is 0 Å². The Balaban J connectivity index is 3.22. The average molecular weight is 229 g/mol. The minimum absolute atomic E-state index is 0.0941. The Hall–Kier alpha value is -1.08. The zero-order chi connectivity index (χ0) is 9.19. The fraction of sp³-hybridized carbons (Fsp3) is 0. The quantitative estimate of drug-likeness (QED) is 0.512. The molecule has 0 bridgehead atoms. The van der Waals surface area contributed by atoms with Gasteiger partial charge in [0.2, 0.25) is 0 Å². The molecule has 0 aliphatic heterocycles. The van der Waals surface area contributed by atoms with Crippen LogP contribution in [-0.2, 0) is 3.74 Å². The van der Waals surface area contributed by atoms with Crippen molar-refractivity contribution in [2.24, 2.45) is 0 Å². The van der Waals surface area contributed by atoms with Crippen LogP contribution in [0.2, 0.25) is 0 Å². The summed E-state index contributed by atoms with van der Waals surface area (Å²) in [4.78, 5) is 2.81. The van der Waals surface area contributed by atoms with Crippen molar-refractivity contribution in [3.05, 3.63) is 29.2 Å². The summed E-state index contributed by atoms with van der Waals surface area (Å²) in [5.74, 6) is 0. The number of hydrogen-bond acceptors (Lipinski definition) is 2. The number of diazo groups is 1. The predicted molar refractivity (Wildman–Crippen MR) is 41.7 cm³/mol. The third-order valence-electron chi connectivity index (χ3n) is 1.28. The maximum atomic E-state index is 10.7. The molecule has 0 saturated carbocycles. The summed E-state index contributed by atoms with van der Waals surface area (Å²) in [6.07, 6.45) is 0. The summed E-state index contributed by atoms with van der Waals surface area (Å²) in [5, 5.41) is 8.31. The molecular weight excluding hydrogens is 223 g/mol. The van der Waals surface area contributed by atoms with Crippen molar-refractivity contribution in [1.29, 1.82) is 5.39 Å². The van der Waals surface area contributed by atoms with Crippen molar-refractivity contribution in [1.82, 2.24) is 0 Å². The van der Waals surface area contributed by atoms with Gasteiger partial charge in [-0.05, 0) is 0 Å². The molecule has 0 spiro atoms. The standard InChI is InChI=1S/C6H5AsN2O3/c8-9-6-3-1-2-5(4-6)7(10,11)12/h1-4H,(H-,10,11,12)/p+1. The van der Waals surface area contributed by atoms with Gasteiger partial charge in [0.25, 0.3) is 0 Å². The summed E-state index contributed by atoms with van der Waals surface area (Å²) in [6, 6.07) is 5.31. The van der Waals surface area contributed by atoms with Crippen LogP contribution in [0.15, 0.2) is 24.3 Å². The van der Waals surface area contributed by atoms with Gasteiger partial charge in [0.15, 0.2) is 0 Å². The molecule has 12 heavy (non-hydrogen) atoms. The Morgan fingerprint density at radius 1 is 1.42 bits per heavy atom. The monoisotopic (exact) mass is 229 g/mol. The van der Waals surface area contributed by atoms with E-state index in [0.29, 0.717) is 0 Å². The predicted octanol–water partition coefficient (Wildman–Crippen LogP) is -0.268. The van der Waals surface area contributed by atoms with E-state index in [4.69, 9.17) is 13.6 Å². The third-order valence-corrected chi connectivity index (χ3v) is 3.28. The van der Waals surface area contributed by atoms with E-state index < -0.39 is 14.2 Å². The van der Waals surface area contributed by atoms with Gasteiger partial charge < -0.3 is 0 Å². The second kappa shape index (κ2) is 3.11. The molecule has 0 saturated heterocycles. The van der Waals surface area contributed by atoms with Gasteiger partial charge in [-0.3, -0.25) is 0 Å². The van der Waals surface area contributed by atoms with Crippen molar-refractivity contribution in [3.63, 3.8) is 0 Å². The van der Waals surface area contributed by atoms with Crippen LogP contribution >= 0.6 is 0 Å². The summed E-state index contributed by atoms with van der Waals surface area (Å²) in [6.45, 7) is 0. The molecule has 1 rings (SSSR count). The first-order chi connectivity index (χ1) is 5.54. The molecule has 0 amide bonds. The molecule has 0 aliphatic carbocycles. The van der Waals surface area contributed by atoms with Gasteiger partial charge in [0.1, 0.15) is 0 Å². The zero-order valence-corrected chi connectivity index (χ0v) is 7.83. The molecule has 2 N–H and O–H groups in total. The molecule has 0 fully saturated rings. The van der Waals surface area contributed by atoms with Crippen molar-refractivity contribution in [2.45, 2.75) is 0 Å². The van der Waals surface area contributed by atoms with Crippen molar-refractivity contribution >= 4 is 24.2 Å². The van der Waals surface area contributed by atoms with E-state index >= 15 is 0 Å². The molecule has 0 unspecified atom stereocenters. The molecule has 1 aromatic rings. The first-order valence-corrected chi connectivity index (χ1v) is 6.43. The van der Waals surface area contributed by atoms with Crippen LogP contribution in [0.25, 0.3) is 4.98 Å². The third kappa shape index (κ3) is 1.95. The van der Waals surface area contributed by atoms with Gasteiger partial charge in [0.05, 0.1) is 0 Å². The number of hydrogen-bond donors (Lipinski definition) is 2. The Kier molecular flexibility index (Phi) is 2.34. The van der Waals surface area contributed by atoms with E-state index in [0.717, 1.165) is 6.07 Å². The van der Waals surface area contributed by atoms with Crippen molar-refractivity contribution < 1.29 is 11.9 Å². The van der Waals surface area contributed by atoms with Crippen LogP contribution < -0.4 is 4.35 Å². The molecule has 0 heterocycles. The van der Waals surface area contributed by atoms with Crippen LogP contribution in [0.4, 0.5) is 5.69 Å². The van der Waals surface area contributed by atoms with E-state index in [1.54, 1.807) is 0 Å². The Bertz CT molecular complexity index is 379. The van der Waals surface area contributed by atoms with E-state index in [-0.39, 0.29) is 10.0 Å². The van der Waals surface area contributed by atoms with Gasteiger partial charge in [-0.2, -0.15) is 0 Å². The number of benzene rings is 1. The fourth-order valence-corrected chi connectivity index (χ4v) is 1.95. The fourth-order valence-electron chi connectivity index (χ4n) is 0.736. The maximum absolute atomic E-state index is 10.7. The van der Waals surface area contributed by atoms with E-state index in [1.165, 1.54) is 18.2 Å². The first kappa shape index (κ1) is 9.01. The van der Waals surface area contributed by atoms with E-state index in [9.17, 15) is 3.74 Å². The van der Waals surface area contributed by atoms with Crippen molar-refractivity contribution in [3.8, 4) is 0 Å². The van der Waals surface area contributed by atoms with Crippen LogP contribution in [0.3, 0.4) is 0 Å². The normalized spacial score (nSPS) is 10.8. The molecule has 0 aromatic heterocycles. The van der Waals surface area contributed by atoms with Gasteiger partial charge >= 0.3 is 70.8 Å². The second-order valence-electron chi connectivity index (χ2n) is 2.16. The number of rotatable bonds is 1. The van der Waals surface area contributed by atoms with Gasteiger partial charge in [-0.15, -0.1) is 0 Å². The average Bonchev–Trinajstić information content (AvgIpc) is 2.03. The zero-order valence-electron chi connectivity index (χ0n) is 5.95. The van der Waals surface area contributed by atoms with E-state index in [1.807, 2.05) is 0 Å². The summed E-state index contributed by atoms with van der Waals surface area (Å²) in [7, 11) is 0. The van der Waals surface area contributed by atoms with Crippen molar-refractivity contribution in [2.75, 3.05) is 0 Å². The molecule has 5 nitrogen and oxygen atoms in total. The van der Waals surface area contributed by atoms with Crippen LogP contribution in [-0.4, -0.2) is 22.4 Å². The first-order valence-electron chi connectivity index (χ1n) is 3.05. The number of nitrogens with zero attached hydrogens (tertiary/aromatic N) is 2. The molecular formula is C6H6AsN2O3+. The van der Waals surface area contributed by atoms with Gasteiger partial charge in [-0.25, -0.2) is 0 Å². The molecule has 1 aromatic carbocycles. The van der Waals surface area contributed by atoms with Crippen LogP contribution in [0.5, 0.6) is 0 Å². The second-order valence-corrected chi connectivity index (χ2v) is 5.53. The van der Waals surface area contributed by atoms with Crippen LogP contribution in [0, 0.1) is 5.39 Å².